The Balaban J connectivity index is 1.16. The van der Waals surface area contributed by atoms with Gasteiger partial charge in [0.2, 0.25) is 5.91 Å². The highest BCUT2D eigenvalue weighted by Crippen LogP contribution is 2.27. The Labute approximate surface area is 211 Å². The van der Waals surface area contributed by atoms with Crippen LogP contribution in [0.1, 0.15) is 11.4 Å². The fourth-order valence-corrected chi connectivity index (χ4v) is 5.44. The minimum atomic E-state index is -0.0185. The van der Waals surface area contributed by atoms with Crippen LogP contribution in [0.2, 0.25) is 0 Å². The Morgan fingerprint density at radius 2 is 1.60 bits per heavy atom. The van der Waals surface area contributed by atoms with E-state index < -0.39 is 0 Å². The number of rotatable bonds is 9. The number of fused-ring (bicyclic) bond motifs is 1. The number of nitrogens with zero attached hydrogens (tertiary/aromatic N) is 3. The number of nitrogens with one attached hydrogen (secondary N) is 1. The van der Waals surface area contributed by atoms with Crippen LogP contribution in [0.25, 0.3) is 26.8 Å². The van der Waals surface area contributed by atoms with Crippen LogP contribution in [0, 0.1) is 0 Å². The molecule has 0 aliphatic rings. The largest absolute Gasteiger partial charge is 0.497 e. The Bertz CT molecular complexity index is 1440. The van der Waals surface area contributed by atoms with Gasteiger partial charge in [0.25, 0.3) is 0 Å². The zero-order valence-electron chi connectivity index (χ0n) is 19.4. The first-order chi connectivity index (χ1) is 17.1. The lowest BCUT2D eigenvalue weighted by Crippen LogP contribution is -2.27. The van der Waals surface area contributed by atoms with Gasteiger partial charge < -0.3 is 14.8 Å². The number of hydrogen-bond donors (Lipinski definition) is 1. The van der Waals surface area contributed by atoms with Gasteiger partial charge in [-0.05, 0) is 48.5 Å². The number of thiazole rings is 2. The number of ether oxygens (including phenoxy) is 2. The molecule has 0 aliphatic heterocycles. The number of hydrogen-bond acceptors (Lipinski definition) is 7. The molecule has 5 rings (SSSR count). The van der Waals surface area contributed by atoms with Crippen molar-refractivity contribution in [1.82, 2.24) is 19.7 Å². The molecule has 7 nitrogen and oxygen atoms in total. The van der Waals surface area contributed by atoms with E-state index in [1.54, 1.807) is 25.6 Å². The van der Waals surface area contributed by atoms with Crippen molar-refractivity contribution in [2.45, 2.75) is 12.8 Å². The molecule has 2 aromatic carbocycles. The topological polar surface area (TPSA) is 77.8 Å². The molecule has 0 radical (unpaired) electrons. The van der Waals surface area contributed by atoms with E-state index in [-0.39, 0.29) is 5.91 Å². The number of methoxy groups -OCH3 is 2. The van der Waals surface area contributed by atoms with E-state index in [9.17, 15) is 4.79 Å². The minimum absolute atomic E-state index is 0.0185. The van der Waals surface area contributed by atoms with Crippen molar-refractivity contribution < 1.29 is 14.3 Å². The molecule has 0 bridgehead atoms. The van der Waals surface area contributed by atoms with Gasteiger partial charge in [-0.3, -0.25) is 9.20 Å². The fourth-order valence-electron chi connectivity index (χ4n) is 3.70. The molecular formula is C26H24N4O3S2. The summed E-state index contributed by atoms with van der Waals surface area (Å²) in [5.41, 5.74) is 4.83. The van der Waals surface area contributed by atoms with E-state index in [1.165, 1.54) is 11.3 Å². The third-order valence-corrected chi connectivity index (χ3v) is 7.43. The SMILES string of the molecule is COc1ccc(-c2cn3c(CC(=O)NCCc4csc(-c5ccc(OC)cc5)n4)csc3n2)cc1. The van der Waals surface area contributed by atoms with Crippen molar-refractivity contribution in [2.24, 2.45) is 0 Å². The molecule has 0 fully saturated rings. The van der Waals surface area contributed by atoms with Crippen molar-refractivity contribution >= 4 is 33.5 Å². The van der Waals surface area contributed by atoms with Crippen LogP contribution >= 0.6 is 22.7 Å². The summed E-state index contributed by atoms with van der Waals surface area (Å²) in [5, 5.41) is 8.01. The lowest BCUT2D eigenvalue weighted by Gasteiger charge is -2.04. The number of benzene rings is 2. The number of carbonyl (C=O) groups is 1. The molecule has 9 heteroatoms. The van der Waals surface area contributed by atoms with Crippen LogP contribution < -0.4 is 14.8 Å². The van der Waals surface area contributed by atoms with Gasteiger partial charge in [-0.2, -0.15) is 0 Å². The second-order valence-electron chi connectivity index (χ2n) is 7.88. The number of carbonyl (C=O) groups excluding carboxylic acids is 1. The molecule has 35 heavy (non-hydrogen) atoms. The zero-order valence-corrected chi connectivity index (χ0v) is 21.0. The molecule has 178 valence electrons. The van der Waals surface area contributed by atoms with Crippen molar-refractivity contribution in [3.05, 3.63) is 76.9 Å². The Kier molecular flexibility index (Phi) is 6.78. The molecule has 1 amide bonds. The van der Waals surface area contributed by atoms with Crippen molar-refractivity contribution in [2.75, 3.05) is 20.8 Å². The maximum Gasteiger partial charge on any atom is 0.225 e. The molecule has 0 spiro atoms. The molecule has 5 aromatic rings. The standard InChI is InChI=1S/C26H24N4O3S2/c1-32-21-7-3-17(4-8-21)23-14-30-20(16-35-26(30)29-23)13-24(31)27-12-11-19-15-34-25(28-19)18-5-9-22(33-2)10-6-18/h3-10,14-16H,11-13H2,1-2H3,(H,27,31). The second-order valence-corrected chi connectivity index (χ2v) is 9.58. The number of amides is 1. The molecule has 3 heterocycles. The lowest BCUT2D eigenvalue weighted by atomic mass is 10.2. The highest BCUT2D eigenvalue weighted by Gasteiger charge is 2.13. The summed E-state index contributed by atoms with van der Waals surface area (Å²) in [6, 6.07) is 15.7. The van der Waals surface area contributed by atoms with Crippen LogP contribution in [0.4, 0.5) is 0 Å². The average molecular weight is 505 g/mol. The first kappa shape index (κ1) is 23.1. The third-order valence-electron chi connectivity index (χ3n) is 5.60. The monoisotopic (exact) mass is 504 g/mol. The minimum Gasteiger partial charge on any atom is -0.497 e. The van der Waals surface area contributed by atoms with Crippen LogP contribution in [0.3, 0.4) is 0 Å². The summed E-state index contributed by atoms with van der Waals surface area (Å²) in [4.78, 5) is 22.9. The Morgan fingerprint density at radius 3 is 2.29 bits per heavy atom. The van der Waals surface area contributed by atoms with E-state index in [2.05, 4.69) is 5.32 Å². The number of imidazole rings is 1. The van der Waals surface area contributed by atoms with Gasteiger partial charge >= 0.3 is 0 Å². The summed E-state index contributed by atoms with van der Waals surface area (Å²) in [6.07, 6.45) is 2.96. The second kappa shape index (κ2) is 10.3. The van der Waals surface area contributed by atoms with Gasteiger partial charge in [-0.15, -0.1) is 22.7 Å². The number of aromatic nitrogens is 3. The molecule has 1 N–H and O–H groups in total. The quantitative estimate of drug-likeness (QED) is 0.302. The molecule has 0 atom stereocenters. The van der Waals surface area contributed by atoms with E-state index in [4.69, 9.17) is 19.4 Å². The first-order valence-corrected chi connectivity index (χ1v) is 12.8. The summed E-state index contributed by atoms with van der Waals surface area (Å²) in [5.74, 6) is 1.61. The molecule has 0 unspecified atom stereocenters. The molecule has 3 aromatic heterocycles. The van der Waals surface area contributed by atoms with Gasteiger partial charge in [0, 0.05) is 46.7 Å². The predicted molar refractivity (Wildman–Crippen MR) is 140 cm³/mol. The van der Waals surface area contributed by atoms with Crippen LogP contribution in [-0.2, 0) is 17.6 Å². The maximum atomic E-state index is 12.6. The summed E-state index contributed by atoms with van der Waals surface area (Å²) in [6.45, 7) is 0.541. The highest BCUT2D eigenvalue weighted by atomic mass is 32.1. The normalized spacial score (nSPS) is 11.0. The lowest BCUT2D eigenvalue weighted by molar-refractivity contribution is -0.120. The van der Waals surface area contributed by atoms with E-state index in [0.29, 0.717) is 19.4 Å². The Hall–Kier alpha value is -3.69. The molecular weight excluding hydrogens is 480 g/mol. The fraction of sp³-hybridized carbons (Fsp3) is 0.192. The molecule has 0 saturated carbocycles. The van der Waals surface area contributed by atoms with E-state index in [1.807, 2.05) is 69.9 Å². The van der Waals surface area contributed by atoms with E-state index >= 15 is 0 Å². The van der Waals surface area contributed by atoms with Gasteiger partial charge in [-0.1, -0.05) is 0 Å². The van der Waals surface area contributed by atoms with Crippen LogP contribution in [-0.4, -0.2) is 41.0 Å². The summed E-state index contributed by atoms with van der Waals surface area (Å²) >= 11 is 3.14. The maximum absolute atomic E-state index is 12.6. The van der Waals surface area contributed by atoms with Gasteiger partial charge in [0.15, 0.2) is 4.96 Å². The smallest absolute Gasteiger partial charge is 0.225 e. The summed E-state index contributed by atoms with van der Waals surface area (Å²) in [7, 11) is 3.30. The van der Waals surface area contributed by atoms with Gasteiger partial charge in [0.1, 0.15) is 16.5 Å². The average Bonchev–Trinajstić information content (AvgIpc) is 3.62. The predicted octanol–water partition coefficient (Wildman–Crippen LogP) is 5.10. The first-order valence-electron chi connectivity index (χ1n) is 11.1. The summed E-state index contributed by atoms with van der Waals surface area (Å²) < 4.78 is 12.4. The zero-order chi connectivity index (χ0) is 24.2. The van der Waals surface area contributed by atoms with Crippen molar-refractivity contribution in [3.63, 3.8) is 0 Å². The van der Waals surface area contributed by atoms with Crippen molar-refractivity contribution in [3.8, 4) is 33.3 Å². The van der Waals surface area contributed by atoms with E-state index in [0.717, 1.165) is 49.7 Å². The molecule has 0 saturated heterocycles. The Morgan fingerprint density at radius 1 is 0.914 bits per heavy atom. The highest BCUT2D eigenvalue weighted by molar-refractivity contribution is 7.15. The third kappa shape index (κ3) is 5.21. The van der Waals surface area contributed by atoms with Crippen LogP contribution in [0.15, 0.2) is 65.5 Å². The molecule has 0 aliphatic carbocycles. The van der Waals surface area contributed by atoms with Gasteiger partial charge in [-0.25, -0.2) is 9.97 Å². The van der Waals surface area contributed by atoms with Crippen molar-refractivity contribution in [1.29, 1.82) is 0 Å². The van der Waals surface area contributed by atoms with Crippen LogP contribution in [0.5, 0.6) is 11.5 Å². The van der Waals surface area contributed by atoms with Gasteiger partial charge in [0.05, 0.1) is 32.0 Å².